The molecule has 36 valence electrons. The van der Waals surface area contributed by atoms with Crippen LogP contribution in [0.5, 0.6) is 0 Å². The Balaban J connectivity index is 2.18. The van der Waals surface area contributed by atoms with Crippen molar-refractivity contribution in [2.75, 3.05) is 11.5 Å². The highest BCUT2D eigenvalue weighted by Gasteiger charge is 2.17. The average Bonchev–Trinajstić information content (AvgIpc) is 1.86. The molecule has 0 aromatic rings. The lowest BCUT2D eigenvalue weighted by molar-refractivity contribution is 1.44. The SMILES string of the molecule is CC1SCC[SH+]1. The molecule has 0 spiro atoms. The first-order chi connectivity index (χ1) is 2.89. The van der Waals surface area contributed by atoms with Gasteiger partial charge in [0.05, 0.1) is 0 Å². The number of thiol groups is 1. The van der Waals surface area contributed by atoms with E-state index in [2.05, 4.69) is 18.7 Å². The van der Waals surface area contributed by atoms with Gasteiger partial charge in [0.15, 0.2) is 4.58 Å². The van der Waals surface area contributed by atoms with E-state index in [9.17, 15) is 0 Å². The van der Waals surface area contributed by atoms with E-state index in [0.717, 1.165) is 4.58 Å². The minimum Gasteiger partial charge on any atom is -0.101 e. The summed E-state index contributed by atoms with van der Waals surface area (Å²) in [7, 11) is 0. The smallest absolute Gasteiger partial charge is 0.101 e. The standard InChI is InChI=1S/C4H8S2/c1-4-5-2-3-6-4/h4H,2-3H2,1H3/p+1. The molecule has 0 aliphatic carbocycles. The first-order valence-corrected chi connectivity index (χ1v) is 4.37. The topological polar surface area (TPSA) is 0 Å². The lowest BCUT2D eigenvalue weighted by atomic mass is 11.0. The number of hydrogen-bond acceptors (Lipinski definition) is 1. The first-order valence-electron chi connectivity index (χ1n) is 2.18. The van der Waals surface area contributed by atoms with E-state index in [1.165, 1.54) is 11.5 Å². The molecule has 1 saturated heterocycles. The van der Waals surface area contributed by atoms with Crippen molar-refractivity contribution in [2.45, 2.75) is 11.5 Å². The molecule has 0 bridgehead atoms. The third kappa shape index (κ3) is 1.09. The molecular weight excluding hydrogens is 112 g/mol. The zero-order chi connectivity index (χ0) is 4.41. The van der Waals surface area contributed by atoms with Gasteiger partial charge in [0.1, 0.15) is 5.75 Å². The van der Waals surface area contributed by atoms with Gasteiger partial charge < -0.3 is 0 Å². The van der Waals surface area contributed by atoms with E-state index < -0.39 is 0 Å². The molecule has 1 atom stereocenters. The Hall–Kier alpha value is 0.700. The van der Waals surface area contributed by atoms with Gasteiger partial charge >= 0.3 is 0 Å². The van der Waals surface area contributed by atoms with Crippen molar-refractivity contribution in [1.29, 1.82) is 0 Å². The highest BCUT2D eigenvalue weighted by Crippen LogP contribution is 2.18. The molecule has 0 aromatic heterocycles. The predicted octanol–water partition coefficient (Wildman–Crippen LogP) is 0.894. The molecule has 0 amide bonds. The molecule has 6 heavy (non-hydrogen) atoms. The molecule has 0 aromatic carbocycles. The van der Waals surface area contributed by atoms with E-state index in [1.54, 1.807) is 11.8 Å². The Morgan fingerprint density at radius 2 is 2.67 bits per heavy atom. The van der Waals surface area contributed by atoms with Crippen LogP contribution in [-0.2, 0) is 11.8 Å². The molecule has 0 saturated carbocycles. The van der Waals surface area contributed by atoms with Crippen molar-refractivity contribution in [3.8, 4) is 0 Å². The first kappa shape index (κ1) is 4.85. The third-order valence-electron chi connectivity index (χ3n) is 0.837. The fourth-order valence-electron chi connectivity index (χ4n) is 0.510. The molecule has 1 rings (SSSR count). The summed E-state index contributed by atoms with van der Waals surface area (Å²) in [4.78, 5) is 0. The van der Waals surface area contributed by atoms with E-state index >= 15 is 0 Å². The summed E-state index contributed by atoms with van der Waals surface area (Å²) in [6, 6.07) is 0. The highest BCUT2D eigenvalue weighted by molar-refractivity contribution is 8.12. The summed E-state index contributed by atoms with van der Waals surface area (Å²) in [5.41, 5.74) is 0. The monoisotopic (exact) mass is 121 g/mol. The maximum Gasteiger partial charge on any atom is 0.158 e. The van der Waals surface area contributed by atoms with Crippen LogP contribution < -0.4 is 0 Å². The van der Waals surface area contributed by atoms with Crippen molar-refractivity contribution in [3.05, 3.63) is 0 Å². The van der Waals surface area contributed by atoms with Crippen molar-refractivity contribution < 1.29 is 0 Å². The van der Waals surface area contributed by atoms with Gasteiger partial charge in [-0.15, -0.1) is 11.8 Å². The normalized spacial score (nSPS) is 34.5. The van der Waals surface area contributed by atoms with Crippen molar-refractivity contribution in [1.82, 2.24) is 0 Å². The number of rotatable bonds is 0. The van der Waals surface area contributed by atoms with Gasteiger partial charge in [0.25, 0.3) is 0 Å². The van der Waals surface area contributed by atoms with Crippen LogP contribution in [0.1, 0.15) is 6.92 Å². The summed E-state index contributed by atoms with van der Waals surface area (Å²) >= 11 is 3.74. The fourth-order valence-corrected chi connectivity index (χ4v) is 3.11. The van der Waals surface area contributed by atoms with Crippen molar-refractivity contribution >= 4 is 23.5 Å². The zero-order valence-corrected chi connectivity index (χ0v) is 5.56. The third-order valence-corrected chi connectivity index (χ3v) is 3.95. The molecule has 1 aliphatic heterocycles. The molecule has 1 unspecified atom stereocenters. The van der Waals surface area contributed by atoms with Gasteiger partial charge in [-0.1, -0.05) is 0 Å². The Morgan fingerprint density at radius 3 is 2.83 bits per heavy atom. The Bertz CT molecular complexity index is 38.8. The lowest BCUT2D eigenvalue weighted by Gasteiger charge is -1.81. The van der Waals surface area contributed by atoms with Crippen molar-refractivity contribution in [2.24, 2.45) is 0 Å². The van der Waals surface area contributed by atoms with Gasteiger partial charge in [-0.3, -0.25) is 0 Å². The van der Waals surface area contributed by atoms with Crippen LogP contribution in [0.2, 0.25) is 0 Å². The Morgan fingerprint density at radius 1 is 1.83 bits per heavy atom. The maximum absolute atomic E-state index is 2.29. The van der Waals surface area contributed by atoms with E-state index in [1.807, 2.05) is 0 Å². The van der Waals surface area contributed by atoms with Crippen LogP contribution in [0.25, 0.3) is 0 Å². The van der Waals surface area contributed by atoms with Gasteiger partial charge in [0.2, 0.25) is 0 Å². The Kier molecular flexibility index (Phi) is 1.72. The van der Waals surface area contributed by atoms with Crippen molar-refractivity contribution in [3.63, 3.8) is 0 Å². The average molecular weight is 121 g/mol. The van der Waals surface area contributed by atoms with Crippen LogP contribution in [0.15, 0.2) is 0 Å². The minimum atomic E-state index is 0.935. The van der Waals surface area contributed by atoms with Crippen LogP contribution in [0.4, 0.5) is 0 Å². The van der Waals surface area contributed by atoms with Gasteiger partial charge in [-0.25, -0.2) is 0 Å². The highest BCUT2D eigenvalue weighted by atomic mass is 32.2. The second kappa shape index (κ2) is 2.12. The molecule has 0 N–H and O–H groups in total. The zero-order valence-electron chi connectivity index (χ0n) is 3.85. The van der Waals surface area contributed by atoms with Crippen LogP contribution in [-0.4, -0.2) is 16.1 Å². The molecule has 0 radical (unpaired) electrons. The molecular formula is C4H9S2+. The van der Waals surface area contributed by atoms with E-state index in [0.29, 0.717) is 0 Å². The summed E-state index contributed by atoms with van der Waals surface area (Å²) in [5, 5.41) is 0. The maximum atomic E-state index is 2.29. The second-order valence-corrected chi connectivity index (χ2v) is 4.76. The van der Waals surface area contributed by atoms with Crippen LogP contribution in [0, 0.1) is 0 Å². The quantitative estimate of drug-likeness (QED) is 0.339. The number of thioether (sulfide) groups is 1. The summed E-state index contributed by atoms with van der Waals surface area (Å²) in [6.45, 7) is 2.29. The van der Waals surface area contributed by atoms with Gasteiger partial charge in [-0.05, 0) is 18.7 Å². The lowest BCUT2D eigenvalue weighted by Crippen LogP contribution is -1.88. The second-order valence-electron chi connectivity index (χ2n) is 1.38. The van der Waals surface area contributed by atoms with E-state index in [-0.39, 0.29) is 0 Å². The van der Waals surface area contributed by atoms with E-state index in [4.69, 9.17) is 0 Å². The Labute approximate surface area is 47.1 Å². The molecule has 1 aliphatic rings. The van der Waals surface area contributed by atoms with Crippen LogP contribution >= 0.6 is 11.8 Å². The molecule has 1 fully saturated rings. The largest absolute Gasteiger partial charge is 0.158 e. The van der Waals surface area contributed by atoms with Gasteiger partial charge in [-0.2, -0.15) is 0 Å². The fraction of sp³-hybridized carbons (Fsp3) is 1.00. The summed E-state index contributed by atoms with van der Waals surface area (Å²) in [5.74, 6) is 2.81. The van der Waals surface area contributed by atoms with Crippen LogP contribution in [0.3, 0.4) is 0 Å². The van der Waals surface area contributed by atoms with Gasteiger partial charge in [0, 0.05) is 5.75 Å². The minimum absolute atomic E-state index is 0.935. The number of hydrogen-bond donors (Lipinski definition) is 0. The molecule has 2 heteroatoms. The molecule has 0 nitrogen and oxygen atoms in total. The summed E-state index contributed by atoms with van der Waals surface area (Å²) < 4.78 is 0.935. The predicted molar refractivity (Wildman–Crippen MR) is 35.5 cm³/mol. The summed E-state index contributed by atoms with van der Waals surface area (Å²) in [6.07, 6.45) is 0. The molecule has 1 heterocycles.